The fourth-order valence-corrected chi connectivity index (χ4v) is 1.94. The smallest absolute Gasteiger partial charge is 0.124 e. The van der Waals surface area contributed by atoms with Crippen LogP contribution < -0.4 is 0 Å². The molecule has 1 heterocycles. The molecule has 2 aromatic rings. The van der Waals surface area contributed by atoms with Crippen molar-refractivity contribution >= 4 is 0 Å². The molecule has 3 nitrogen and oxygen atoms in total. The van der Waals surface area contributed by atoms with E-state index in [2.05, 4.69) is 4.98 Å². The van der Waals surface area contributed by atoms with Gasteiger partial charge in [-0.15, -0.1) is 0 Å². The minimum atomic E-state index is -0.375. The molecule has 0 unspecified atom stereocenters. The lowest BCUT2D eigenvalue weighted by molar-refractivity contribution is 0.314. The zero-order chi connectivity index (χ0) is 13.7. The van der Waals surface area contributed by atoms with Crippen LogP contribution in [0.3, 0.4) is 0 Å². The quantitative estimate of drug-likeness (QED) is 0.843. The molecule has 1 aromatic heterocycles. The summed E-state index contributed by atoms with van der Waals surface area (Å²) in [5, 5.41) is 8.82. The number of aromatic nitrogens is 1. The summed E-state index contributed by atoms with van der Waals surface area (Å²) in [6.07, 6.45) is 1.75. The molecule has 2 rings (SSSR count). The Morgan fingerprint density at radius 1 is 1.26 bits per heavy atom. The van der Waals surface area contributed by atoms with Crippen molar-refractivity contribution in [1.29, 1.82) is 5.26 Å². The van der Waals surface area contributed by atoms with Crippen molar-refractivity contribution < 1.29 is 4.39 Å². The molecule has 0 amide bonds. The van der Waals surface area contributed by atoms with Crippen molar-refractivity contribution in [2.24, 2.45) is 0 Å². The van der Waals surface area contributed by atoms with Gasteiger partial charge in [-0.3, -0.25) is 9.88 Å². The fourth-order valence-electron chi connectivity index (χ4n) is 1.94. The summed E-state index contributed by atoms with van der Waals surface area (Å²) < 4.78 is 13.3. The van der Waals surface area contributed by atoms with Crippen molar-refractivity contribution in [3.63, 3.8) is 0 Å². The monoisotopic (exact) mass is 255 g/mol. The lowest BCUT2D eigenvalue weighted by atomic mass is 10.1. The maximum Gasteiger partial charge on any atom is 0.124 e. The Hall–Kier alpha value is -2.25. The number of rotatable bonds is 4. The van der Waals surface area contributed by atoms with E-state index < -0.39 is 0 Å². The number of hydrogen-bond acceptors (Lipinski definition) is 3. The predicted octanol–water partition coefficient (Wildman–Crippen LogP) is 2.72. The Balaban J connectivity index is 2.05. The summed E-state index contributed by atoms with van der Waals surface area (Å²) in [6.45, 7) is 1.25. The molecule has 0 fully saturated rings. The normalized spacial score (nSPS) is 10.4. The highest BCUT2D eigenvalue weighted by Crippen LogP contribution is 2.11. The van der Waals surface area contributed by atoms with Gasteiger partial charge in [0, 0.05) is 19.3 Å². The van der Waals surface area contributed by atoms with Gasteiger partial charge in [0.05, 0.1) is 17.3 Å². The minimum absolute atomic E-state index is 0.348. The van der Waals surface area contributed by atoms with Crippen LogP contribution in [0.4, 0.5) is 4.39 Å². The molecule has 4 heteroatoms. The number of pyridine rings is 1. The lowest BCUT2D eigenvalue weighted by Crippen LogP contribution is -2.18. The summed E-state index contributed by atoms with van der Waals surface area (Å²) in [7, 11) is 1.94. The maximum absolute atomic E-state index is 13.3. The van der Waals surface area contributed by atoms with Crippen LogP contribution in [0, 0.1) is 17.1 Å². The second-order valence-electron chi connectivity index (χ2n) is 4.45. The Kier molecular flexibility index (Phi) is 4.22. The topological polar surface area (TPSA) is 39.9 Å². The Labute approximate surface area is 111 Å². The molecule has 0 spiro atoms. The summed E-state index contributed by atoms with van der Waals surface area (Å²) in [5.41, 5.74) is 2.10. The van der Waals surface area contributed by atoms with Gasteiger partial charge in [-0.25, -0.2) is 4.39 Å². The number of hydrogen-bond donors (Lipinski definition) is 0. The van der Waals surface area contributed by atoms with Crippen LogP contribution in [0.1, 0.15) is 16.8 Å². The second-order valence-corrected chi connectivity index (χ2v) is 4.45. The van der Waals surface area contributed by atoms with Crippen LogP contribution in [0.25, 0.3) is 0 Å². The van der Waals surface area contributed by atoms with Gasteiger partial charge in [0.2, 0.25) is 0 Å². The lowest BCUT2D eigenvalue weighted by Gasteiger charge is -2.16. The van der Waals surface area contributed by atoms with Crippen LogP contribution >= 0.6 is 0 Å². The highest BCUT2D eigenvalue weighted by molar-refractivity contribution is 5.33. The van der Waals surface area contributed by atoms with E-state index in [1.807, 2.05) is 36.2 Å². The van der Waals surface area contributed by atoms with Crippen LogP contribution in [-0.2, 0) is 13.1 Å². The molecular formula is C15H14FN3. The third kappa shape index (κ3) is 3.87. The van der Waals surface area contributed by atoms with Crippen molar-refractivity contribution in [2.45, 2.75) is 13.1 Å². The molecule has 0 aliphatic carbocycles. The molecule has 0 atom stereocenters. The Morgan fingerprint density at radius 3 is 2.79 bits per heavy atom. The Bertz CT molecular complexity index is 590. The van der Waals surface area contributed by atoms with Crippen molar-refractivity contribution in [2.75, 3.05) is 7.05 Å². The van der Waals surface area contributed by atoms with Gasteiger partial charge in [-0.05, 0) is 42.9 Å². The molecule has 96 valence electrons. The SMILES string of the molecule is CN(Cc1cc(F)cc(C#N)c1)Cc1ccccn1. The maximum atomic E-state index is 13.3. The predicted molar refractivity (Wildman–Crippen MR) is 70.5 cm³/mol. The molecule has 0 aliphatic heterocycles. The molecule has 0 bridgehead atoms. The minimum Gasteiger partial charge on any atom is -0.296 e. The fraction of sp³-hybridized carbons (Fsp3) is 0.200. The van der Waals surface area contributed by atoms with Gasteiger partial charge in [0.25, 0.3) is 0 Å². The van der Waals surface area contributed by atoms with E-state index in [-0.39, 0.29) is 5.82 Å². The van der Waals surface area contributed by atoms with Crippen LogP contribution in [0.5, 0.6) is 0 Å². The summed E-state index contributed by atoms with van der Waals surface area (Å²) >= 11 is 0. The van der Waals surface area contributed by atoms with E-state index in [1.165, 1.54) is 12.1 Å². The molecule has 1 aromatic carbocycles. The van der Waals surface area contributed by atoms with Crippen molar-refractivity contribution in [3.8, 4) is 6.07 Å². The van der Waals surface area contributed by atoms with Gasteiger partial charge >= 0.3 is 0 Å². The highest BCUT2D eigenvalue weighted by atomic mass is 19.1. The summed E-state index contributed by atoms with van der Waals surface area (Å²) in [5.74, 6) is -0.375. The zero-order valence-corrected chi connectivity index (χ0v) is 10.7. The second kappa shape index (κ2) is 6.07. The van der Waals surface area contributed by atoms with E-state index in [1.54, 1.807) is 12.3 Å². The average molecular weight is 255 g/mol. The Morgan fingerprint density at radius 2 is 2.11 bits per heavy atom. The number of benzene rings is 1. The van der Waals surface area contributed by atoms with E-state index in [0.717, 1.165) is 11.3 Å². The van der Waals surface area contributed by atoms with Gasteiger partial charge in [-0.2, -0.15) is 5.26 Å². The number of nitriles is 1. The molecule has 0 N–H and O–H groups in total. The van der Waals surface area contributed by atoms with E-state index in [9.17, 15) is 4.39 Å². The first-order valence-electron chi connectivity index (χ1n) is 5.95. The summed E-state index contributed by atoms with van der Waals surface area (Å²) in [6, 6.07) is 12.1. The third-order valence-electron chi connectivity index (χ3n) is 2.70. The van der Waals surface area contributed by atoms with Crippen molar-refractivity contribution in [1.82, 2.24) is 9.88 Å². The average Bonchev–Trinajstić information content (AvgIpc) is 2.38. The first-order chi connectivity index (χ1) is 9.17. The van der Waals surface area contributed by atoms with Crippen LogP contribution in [0.15, 0.2) is 42.6 Å². The van der Waals surface area contributed by atoms with Gasteiger partial charge < -0.3 is 0 Å². The molecule has 0 aliphatic rings. The van der Waals surface area contributed by atoms with E-state index >= 15 is 0 Å². The summed E-state index contributed by atoms with van der Waals surface area (Å²) in [4.78, 5) is 6.27. The molecular weight excluding hydrogens is 241 g/mol. The molecule has 0 radical (unpaired) electrons. The van der Waals surface area contributed by atoms with Crippen LogP contribution in [0.2, 0.25) is 0 Å². The van der Waals surface area contributed by atoms with Gasteiger partial charge in [0.1, 0.15) is 5.82 Å². The first-order valence-corrected chi connectivity index (χ1v) is 5.95. The first kappa shape index (κ1) is 13.2. The third-order valence-corrected chi connectivity index (χ3v) is 2.70. The molecule has 19 heavy (non-hydrogen) atoms. The molecule has 0 saturated heterocycles. The number of halogens is 1. The highest BCUT2D eigenvalue weighted by Gasteiger charge is 2.05. The molecule has 0 saturated carbocycles. The van der Waals surface area contributed by atoms with Crippen LogP contribution in [-0.4, -0.2) is 16.9 Å². The standard InChI is InChI=1S/C15H14FN3/c1-19(11-15-4-2-3-5-18-15)10-13-6-12(9-17)7-14(16)8-13/h2-8H,10-11H2,1H3. The van der Waals surface area contributed by atoms with E-state index in [4.69, 9.17) is 5.26 Å². The largest absolute Gasteiger partial charge is 0.296 e. The van der Waals surface area contributed by atoms with Crippen molar-refractivity contribution in [3.05, 3.63) is 65.2 Å². The van der Waals surface area contributed by atoms with Gasteiger partial charge in [0.15, 0.2) is 0 Å². The van der Waals surface area contributed by atoms with E-state index in [0.29, 0.717) is 18.7 Å². The zero-order valence-electron chi connectivity index (χ0n) is 10.7. The number of nitrogens with zero attached hydrogens (tertiary/aromatic N) is 3. The van der Waals surface area contributed by atoms with Gasteiger partial charge in [-0.1, -0.05) is 6.07 Å².